The molecule has 3 aromatic heterocycles. The average molecular weight is 752 g/mol. The Morgan fingerprint density at radius 3 is 1.58 bits per heavy atom. The van der Waals surface area contributed by atoms with E-state index in [1.54, 1.807) is 0 Å². The number of benzene rings is 8. The first-order valence-corrected chi connectivity index (χ1v) is 20.1. The topological polar surface area (TPSA) is 30.2 Å². The molecule has 0 N–H and O–H groups in total. The molecule has 3 heterocycles. The Bertz CT molecular complexity index is 3240. The number of nitrogens with zero attached hydrogens (tertiary/aromatic N) is 3. The van der Waals surface area contributed by atoms with E-state index in [0.717, 1.165) is 78.5 Å². The van der Waals surface area contributed by atoms with E-state index in [-0.39, 0.29) is 0 Å². The van der Waals surface area contributed by atoms with Gasteiger partial charge in [-0.2, -0.15) is 0 Å². The lowest BCUT2D eigenvalue weighted by molar-refractivity contribution is 1.19. The maximum absolute atomic E-state index is 5.38. The molecule has 0 aliphatic heterocycles. The molecule has 3 nitrogen and oxygen atoms in total. The molecule has 11 aromatic rings. The zero-order valence-corrected chi connectivity index (χ0v) is 32.2. The molecular formula is C56H37N3. The predicted octanol–water partition coefficient (Wildman–Crippen LogP) is 14.7. The summed E-state index contributed by atoms with van der Waals surface area (Å²) in [6.07, 6.45) is 2.09. The SMILES string of the molecule is c1ccc(-c2cc(-c3ccccc3)nc(-c3cc(-c4ccc(-c5nc6ccccn6c5-c5ccccc5)cc4)cc(-c4cc5ccccc5c5ccccc45)c3)c2)cc1. The molecule has 0 spiro atoms. The van der Waals surface area contributed by atoms with Crippen LogP contribution in [0.15, 0.2) is 225 Å². The second-order valence-corrected chi connectivity index (χ2v) is 15.0. The van der Waals surface area contributed by atoms with Crippen LogP contribution < -0.4 is 0 Å². The van der Waals surface area contributed by atoms with Crippen molar-refractivity contribution in [2.24, 2.45) is 0 Å². The van der Waals surface area contributed by atoms with E-state index in [0.29, 0.717) is 0 Å². The molecule has 0 aliphatic rings. The Labute approximate surface area is 343 Å². The smallest absolute Gasteiger partial charge is 0.137 e. The van der Waals surface area contributed by atoms with Crippen LogP contribution in [0.5, 0.6) is 0 Å². The molecule has 8 aromatic carbocycles. The number of fused-ring (bicyclic) bond motifs is 4. The van der Waals surface area contributed by atoms with Crippen LogP contribution in [0.2, 0.25) is 0 Å². The predicted molar refractivity (Wildman–Crippen MR) is 246 cm³/mol. The van der Waals surface area contributed by atoms with Gasteiger partial charge in [0.1, 0.15) is 5.65 Å². The molecule has 0 amide bonds. The lowest BCUT2D eigenvalue weighted by Crippen LogP contribution is -1.93. The Balaban J connectivity index is 1.12. The summed E-state index contributed by atoms with van der Waals surface area (Å²) in [5.41, 5.74) is 16.0. The number of imidazole rings is 1. The highest BCUT2D eigenvalue weighted by atomic mass is 15.0. The number of aromatic nitrogens is 3. The first kappa shape index (κ1) is 34.4. The zero-order valence-electron chi connectivity index (χ0n) is 32.2. The monoisotopic (exact) mass is 751 g/mol. The Morgan fingerprint density at radius 2 is 0.831 bits per heavy atom. The van der Waals surface area contributed by atoms with Crippen LogP contribution in [0.3, 0.4) is 0 Å². The first-order valence-electron chi connectivity index (χ1n) is 20.1. The van der Waals surface area contributed by atoms with Gasteiger partial charge >= 0.3 is 0 Å². The van der Waals surface area contributed by atoms with Gasteiger partial charge in [-0.3, -0.25) is 4.40 Å². The van der Waals surface area contributed by atoms with Gasteiger partial charge < -0.3 is 0 Å². The molecule has 0 unspecified atom stereocenters. The highest BCUT2D eigenvalue weighted by Gasteiger charge is 2.18. The molecule has 3 heteroatoms. The van der Waals surface area contributed by atoms with Crippen molar-refractivity contribution in [3.8, 4) is 78.4 Å². The summed E-state index contributed by atoms with van der Waals surface area (Å²) in [7, 11) is 0. The fourth-order valence-corrected chi connectivity index (χ4v) is 8.51. The summed E-state index contributed by atoms with van der Waals surface area (Å²) in [6, 6.07) is 77.9. The van der Waals surface area contributed by atoms with Crippen LogP contribution in [0.4, 0.5) is 0 Å². The largest absolute Gasteiger partial charge is 0.299 e. The van der Waals surface area contributed by atoms with E-state index in [9.17, 15) is 0 Å². The summed E-state index contributed by atoms with van der Waals surface area (Å²) in [5.74, 6) is 0. The fraction of sp³-hybridized carbons (Fsp3) is 0. The van der Waals surface area contributed by atoms with Gasteiger partial charge in [-0.15, -0.1) is 0 Å². The molecule has 0 radical (unpaired) electrons. The van der Waals surface area contributed by atoms with E-state index in [1.165, 1.54) is 27.1 Å². The van der Waals surface area contributed by atoms with Crippen LogP contribution >= 0.6 is 0 Å². The van der Waals surface area contributed by atoms with Gasteiger partial charge in [-0.1, -0.05) is 170 Å². The number of pyridine rings is 2. The maximum Gasteiger partial charge on any atom is 0.137 e. The lowest BCUT2D eigenvalue weighted by atomic mass is 9.89. The van der Waals surface area contributed by atoms with Crippen molar-refractivity contribution >= 4 is 27.2 Å². The van der Waals surface area contributed by atoms with Crippen molar-refractivity contribution in [1.82, 2.24) is 14.4 Å². The van der Waals surface area contributed by atoms with Crippen LogP contribution in [0.25, 0.3) is 106 Å². The summed E-state index contributed by atoms with van der Waals surface area (Å²) in [5, 5.41) is 4.94. The van der Waals surface area contributed by atoms with E-state index in [4.69, 9.17) is 9.97 Å². The van der Waals surface area contributed by atoms with Crippen molar-refractivity contribution in [3.63, 3.8) is 0 Å². The van der Waals surface area contributed by atoms with Gasteiger partial charge in [0.2, 0.25) is 0 Å². The van der Waals surface area contributed by atoms with Gasteiger partial charge in [0.25, 0.3) is 0 Å². The molecular weight excluding hydrogens is 715 g/mol. The van der Waals surface area contributed by atoms with Crippen molar-refractivity contribution in [2.45, 2.75) is 0 Å². The quantitative estimate of drug-likeness (QED) is 0.152. The summed E-state index contributed by atoms with van der Waals surface area (Å²) >= 11 is 0. The average Bonchev–Trinajstić information content (AvgIpc) is 3.72. The van der Waals surface area contributed by atoms with Gasteiger partial charge in [0.05, 0.1) is 22.8 Å². The molecule has 59 heavy (non-hydrogen) atoms. The molecule has 0 bridgehead atoms. The third-order valence-electron chi connectivity index (χ3n) is 11.4. The minimum Gasteiger partial charge on any atom is -0.299 e. The van der Waals surface area contributed by atoms with Crippen molar-refractivity contribution in [2.75, 3.05) is 0 Å². The Kier molecular flexibility index (Phi) is 8.49. The van der Waals surface area contributed by atoms with Crippen LogP contribution in [0.1, 0.15) is 0 Å². The molecule has 276 valence electrons. The minimum absolute atomic E-state index is 0.922. The first-order chi connectivity index (χ1) is 29.2. The van der Waals surface area contributed by atoms with E-state index in [1.807, 2.05) is 6.07 Å². The molecule has 0 saturated carbocycles. The van der Waals surface area contributed by atoms with Gasteiger partial charge in [0, 0.05) is 28.5 Å². The van der Waals surface area contributed by atoms with E-state index >= 15 is 0 Å². The third-order valence-corrected chi connectivity index (χ3v) is 11.4. The number of hydrogen-bond acceptors (Lipinski definition) is 2. The molecule has 0 atom stereocenters. The number of rotatable bonds is 7. The van der Waals surface area contributed by atoms with Crippen molar-refractivity contribution in [1.29, 1.82) is 0 Å². The Morgan fingerprint density at radius 1 is 0.305 bits per heavy atom. The molecule has 0 aliphatic carbocycles. The second-order valence-electron chi connectivity index (χ2n) is 15.0. The van der Waals surface area contributed by atoms with Crippen LogP contribution in [-0.4, -0.2) is 14.4 Å². The van der Waals surface area contributed by atoms with Gasteiger partial charge in [0.15, 0.2) is 0 Å². The summed E-state index contributed by atoms with van der Waals surface area (Å²) in [4.78, 5) is 10.5. The van der Waals surface area contributed by atoms with E-state index < -0.39 is 0 Å². The molecule has 11 rings (SSSR count). The lowest BCUT2D eigenvalue weighted by Gasteiger charge is -2.16. The summed E-state index contributed by atoms with van der Waals surface area (Å²) < 4.78 is 2.18. The Hall–Kier alpha value is -7.88. The standard InChI is InChI=1S/C56H37N3/c1-4-16-38(17-5-1)45-36-52(40-18-6-2-7-19-40)57-53(37-45)47-33-44(32-46(34-47)51-35-43-22-10-11-23-48(43)49-24-12-13-25-50(49)51)39-27-29-41(30-28-39)55-56(42-20-8-3-9-21-42)59-31-15-14-26-54(59)58-55/h1-37H. The minimum atomic E-state index is 0.922. The van der Waals surface area contributed by atoms with E-state index in [2.05, 4.69) is 223 Å². The van der Waals surface area contributed by atoms with Crippen molar-refractivity contribution in [3.05, 3.63) is 225 Å². The van der Waals surface area contributed by atoms with Crippen LogP contribution in [-0.2, 0) is 0 Å². The highest BCUT2D eigenvalue weighted by Crippen LogP contribution is 2.41. The van der Waals surface area contributed by atoms with Gasteiger partial charge in [-0.05, 0) is 103 Å². The summed E-state index contributed by atoms with van der Waals surface area (Å²) in [6.45, 7) is 0. The molecule has 0 saturated heterocycles. The third kappa shape index (κ3) is 6.36. The van der Waals surface area contributed by atoms with Crippen molar-refractivity contribution < 1.29 is 0 Å². The maximum atomic E-state index is 5.38. The fourth-order valence-electron chi connectivity index (χ4n) is 8.51. The normalized spacial score (nSPS) is 11.4. The van der Waals surface area contributed by atoms with Crippen LogP contribution in [0, 0.1) is 0 Å². The highest BCUT2D eigenvalue weighted by molar-refractivity contribution is 6.14. The number of hydrogen-bond donors (Lipinski definition) is 0. The zero-order chi connectivity index (χ0) is 39.1. The van der Waals surface area contributed by atoms with Gasteiger partial charge in [-0.25, -0.2) is 9.97 Å². The second kappa shape index (κ2) is 14.6. The molecule has 0 fully saturated rings.